The fourth-order valence-corrected chi connectivity index (χ4v) is 2.25. The van der Waals surface area contributed by atoms with Gasteiger partial charge in [-0.1, -0.05) is 18.2 Å². The predicted molar refractivity (Wildman–Crippen MR) is 68.8 cm³/mol. The molecular formula is C14H19FN2O. The molecule has 0 radical (unpaired) electrons. The molecule has 3 nitrogen and oxygen atoms in total. The molecule has 0 bridgehead atoms. The zero-order valence-electron chi connectivity index (χ0n) is 10.7. The van der Waals surface area contributed by atoms with Gasteiger partial charge >= 0.3 is 0 Å². The summed E-state index contributed by atoms with van der Waals surface area (Å²) in [6.45, 7) is 2.01. The summed E-state index contributed by atoms with van der Waals surface area (Å²) in [5, 5.41) is 2.98. The maximum atomic E-state index is 13.4. The van der Waals surface area contributed by atoms with E-state index < -0.39 is 0 Å². The van der Waals surface area contributed by atoms with Crippen molar-refractivity contribution in [3.05, 3.63) is 35.6 Å². The van der Waals surface area contributed by atoms with Gasteiger partial charge in [0.05, 0.1) is 6.42 Å². The molecule has 0 atom stereocenters. The topological polar surface area (TPSA) is 32.3 Å². The fraction of sp³-hybridized carbons (Fsp3) is 0.500. The van der Waals surface area contributed by atoms with Gasteiger partial charge in [-0.05, 0) is 44.6 Å². The Balaban J connectivity index is 1.84. The molecule has 0 spiro atoms. The van der Waals surface area contributed by atoms with E-state index >= 15 is 0 Å². The third kappa shape index (κ3) is 3.53. The van der Waals surface area contributed by atoms with Crippen LogP contribution >= 0.6 is 0 Å². The Hall–Kier alpha value is -1.42. The lowest BCUT2D eigenvalue weighted by atomic mass is 10.0. The summed E-state index contributed by atoms with van der Waals surface area (Å²) in [4.78, 5) is 14.1. The monoisotopic (exact) mass is 250 g/mol. The van der Waals surface area contributed by atoms with Crippen LogP contribution in [0.3, 0.4) is 0 Å². The lowest BCUT2D eigenvalue weighted by Gasteiger charge is -2.29. The van der Waals surface area contributed by atoms with E-state index in [0.717, 1.165) is 25.9 Å². The van der Waals surface area contributed by atoms with E-state index in [-0.39, 0.29) is 24.2 Å². The van der Waals surface area contributed by atoms with Crippen LogP contribution in [0.1, 0.15) is 18.4 Å². The molecular weight excluding hydrogens is 231 g/mol. The van der Waals surface area contributed by atoms with Gasteiger partial charge in [0.2, 0.25) is 5.91 Å². The minimum absolute atomic E-state index is 0.0883. The van der Waals surface area contributed by atoms with Crippen molar-refractivity contribution in [1.82, 2.24) is 10.2 Å². The van der Waals surface area contributed by atoms with Crippen molar-refractivity contribution < 1.29 is 9.18 Å². The van der Waals surface area contributed by atoms with Gasteiger partial charge in [-0.25, -0.2) is 4.39 Å². The second-order valence-electron chi connectivity index (χ2n) is 4.91. The van der Waals surface area contributed by atoms with Gasteiger partial charge in [0, 0.05) is 6.04 Å². The summed E-state index contributed by atoms with van der Waals surface area (Å²) in [5.41, 5.74) is 0.461. The van der Waals surface area contributed by atoms with E-state index in [9.17, 15) is 9.18 Å². The van der Waals surface area contributed by atoms with Crippen LogP contribution in [0, 0.1) is 5.82 Å². The van der Waals surface area contributed by atoms with E-state index in [2.05, 4.69) is 17.3 Å². The summed E-state index contributed by atoms with van der Waals surface area (Å²) >= 11 is 0. The highest BCUT2D eigenvalue weighted by Crippen LogP contribution is 2.10. The minimum Gasteiger partial charge on any atom is -0.353 e. The molecule has 1 aromatic carbocycles. The maximum absolute atomic E-state index is 13.4. The Labute approximate surface area is 107 Å². The normalized spacial score (nSPS) is 17.7. The first-order valence-electron chi connectivity index (χ1n) is 6.36. The SMILES string of the molecule is CN1CCC(NC(=O)Cc2ccccc2F)CC1. The highest BCUT2D eigenvalue weighted by Gasteiger charge is 2.18. The van der Waals surface area contributed by atoms with Gasteiger partial charge in [-0.3, -0.25) is 4.79 Å². The first-order valence-corrected chi connectivity index (χ1v) is 6.36. The zero-order chi connectivity index (χ0) is 13.0. The number of nitrogens with zero attached hydrogens (tertiary/aromatic N) is 1. The van der Waals surface area contributed by atoms with Crippen LogP contribution in [-0.2, 0) is 11.2 Å². The van der Waals surface area contributed by atoms with Crippen LogP contribution in [0.25, 0.3) is 0 Å². The Kier molecular flexibility index (Phi) is 4.31. The molecule has 1 N–H and O–H groups in total. The first kappa shape index (κ1) is 13.0. The lowest BCUT2D eigenvalue weighted by Crippen LogP contribution is -2.43. The lowest BCUT2D eigenvalue weighted by molar-refractivity contribution is -0.121. The summed E-state index contributed by atoms with van der Waals surface area (Å²) < 4.78 is 13.4. The molecule has 98 valence electrons. The van der Waals surface area contributed by atoms with E-state index in [1.807, 2.05) is 0 Å². The third-order valence-corrected chi connectivity index (χ3v) is 3.39. The average molecular weight is 250 g/mol. The average Bonchev–Trinajstić information content (AvgIpc) is 2.35. The number of likely N-dealkylation sites (tertiary alicyclic amines) is 1. The van der Waals surface area contributed by atoms with Crippen LogP contribution in [0.15, 0.2) is 24.3 Å². The molecule has 1 aliphatic heterocycles. The molecule has 2 rings (SSSR count). The van der Waals surface area contributed by atoms with Gasteiger partial charge in [0.1, 0.15) is 5.82 Å². The summed E-state index contributed by atoms with van der Waals surface area (Å²) in [6, 6.07) is 6.66. The quantitative estimate of drug-likeness (QED) is 0.883. The van der Waals surface area contributed by atoms with Crippen molar-refractivity contribution in [2.75, 3.05) is 20.1 Å². The second kappa shape index (κ2) is 5.96. The van der Waals surface area contributed by atoms with Crippen molar-refractivity contribution in [1.29, 1.82) is 0 Å². The molecule has 0 aromatic heterocycles. The molecule has 0 unspecified atom stereocenters. The van der Waals surface area contributed by atoms with Crippen molar-refractivity contribution >= 4 is 5.91 Å². The Bertz CT molecular complexity index is 414. The third-order valence-electron chi connectivity index (χ3n) is 3.39. The number of benzene rings is 1. The number of halogens is 1. The molecule has 1 fully saturated rings. The molecule has 1 heterocycles. The number of piperidine rings is 1. The van der Waals surface area contributed by atoms with Crippen LogP contribution in [-0.4, -0.2) is 37.0 Å². The molecule has 1 aliphatic rings. The van der Waals surface area contributed by atoms with Crippen LogP contribution in [0.5, 0.6) is 0 Å². The summed E-state index contributed by atoms with van der Waals surface area (Å²) in [6.07, 6.45) is 2.07. The Morgan fingerprint density at radius 2 is 2.06 bits per heavy atom. The molecule has 0 saturated carbocycles. The number of amides is 1. The molecule has 0 aliphatic carbocycles. The standard InChI is InChI=1S/C14H19FN2O/c1-17-8-6-12(7-9-17)16-14(18)10-11-4-2-3-5-13(11)15/h2-5,12H,6-10H2,1H3,(H,16,18). The summed E-state index contributed by atoms with van der Waals surface area (Å²) in [5.74, 6) is -0.398. The van der Waals surface area contributed by atoms with Crippen LogP contribution < -0.4 is 5.32 Å². The molecule has 1 amide bonds. The van der Waals surface area contributed by atoms with Gasteiger partial charge in [-0.15, -0.1) is 0 Å². The zero-order valence-corrected chi connectivity index (χ0v) is 10.7. The smallest absolute Gasteiger partial charge is 0.224 e. The van der Waals surface area contributed by atoms with Crippen molar-refractivity contribution in [2.24, 2.45) is 0 Å². The van der Waals surface area contributed by atoms with Gasteiger partial charge in [-0.2, -0.15) is 0 Å². The second-order valence-corrected chi connectivity index (χ2v) is 4.91. The van der Waals surface area contributed by atoms with Crippen LogP contribution in [0.2, 0.25) is 0 Å². The Morgan fingerprint density at radius 1 is 1.39 bits per heavy atom. The first-order chi connectivity index (χ1) is 8.65. The highest BCUT2D eigenvalue weighted by molar-refractivity contribution is 5.78. The van der Waals surface area contributed by atoms with Crippen LogP contribution in [0.4, 0.5) is 4.39 Å². The van der Waals surface area contributed by atoms with Gasteiger partial charge < -0.3 is 10.2 Å². The minimum atomic E-state index is -0.309. The van der Waals surface area contributed by atoms with E-state index in [1.165, 1.54) is 6.07 Å². The molecule has 18 heavy (non-hydrogen) atoms. The van der Waals surface area contributed by atoms with E-state index in [4.69, 9.17) is 0 Å². The van der Waals surface area contributed by atoms with E-state index in [0.29, 0.717) is 5.56 Å². The van der Waals surface area contributed by atoms with Crippen molar-refractivity contribution in [2.45, 2.75) is 25.3 Å². The largest absolute Gasteiger partial charge is 0.353 e. The van der Waals surface area contributed by atoms with Gasteiger partial charge in [0.15, 0.2) is 0 Å². The number of carbonyl (C=O) groups is 1. The number of hydrogen-bond donors (Lipinski definition) is 1. The number of rotatable bonds is 3. The fourth-order valence-electron chi connectivity index (χ4n) is 2.25. The van der Waals surface area contributed by atoms with E-state index in [1.54, 1.807) is 18.2 Å². The van der Waals surface area contributed by atoms with Crippen molar-refractivity contribution in [3.8, 4) is 0 Å². The molecule has 1 saturated heterocycles. The summed E-state index contributed by atoms with van der Waals surface area (Å²) in [7, 11) is 2.08. The highest BCUT2D eigenvalue weighted by atomic mass is 19.1. The van der Waals surface area contributed by atoms with Gasteiger partial charge in [0.25, 0.3) is 0 Å². The Morgan fingerprint density at radius 3 is 2.72 bits per heavy atom. The molecule has 1 aromatic rings. The number of hydrogen-bond acceptors (Lipinski definition) is 2. The number of carbonyl (C=O) groups excluding carboxylic acids is 1. The maximum Gasteiger partial charge on any atom is 0.224 e. The van der Waals surface area contributed by atoms with Crippen molar-refractivity contribution in [3.63, 3.8) is 0 Å². The number of nitrogens with one attached hydrogen (secondary N) is 1. The predicted octanol–water partition coefficient (Wildman–Crippen LogP) is 1.58. The molecule has 4 heteroatoms.